The highest BCUT2D eigenvalue weighted by atomic mass is 15.1. The Bertz CT molecular complexity index is 770. The van der Waals surface area contributed by atoms with Crippen molar-refractivity contribution in [3.8, 4) is 0 Å². The van der Waals surface area contributed by atoms with Gasteiger partial charge in [0.15, 0.2) is 0 Å². The Morgan fingerprint density at radius 3 is 2.55 bits per heavy atom. The van der Waals surface area contributed by atoms with Crippen molar-refractivity contribution < 1.29 is 0 Å². The molecule has 0 bridgehead atoms. The molecule has 0 radical (unpaired) electrons. The molecule has 1 saturated carbocycles. The van der Waals surface area contributed by atoms with Crippen LogP contribution >= 0.6 is 0 Å². The molecule has 3 aromatic rings. The minimum Gasteiger partial charge on any atom is -0.330 e. The Morgan fingerprint density at radius 2 is 1.77 bits per heavy atom. The van der Waals surface area contributed by atoms with Gasteiger partial charge in [0.1, 0.15) is 5.82 Å². The first-order valence-electron chi connectivity index (χ1n) is 8.00. The van der Waals surface area contributed by atoms with Crippen LogP contribution in [0.2, 0.25) is 0 Å². The van der Waals surface area contributed by atoms with Crippen molar-refractivity contribution in [3.63, 3.8) is 0 Å². The molecule has 112 valence electrons. The fraction of sp³-hybridized carbons (Fsp3) is 0.316. The number of nitrogens with one attached hydrogen (secondary N) is 1. The van der Waals surface area contributed by atoms with E-state index in [9.17, 15) is 0 Å². The van der Waals surface area contributed by atoms with E-state index in [0.717, 1.165) is 23.8 Å². The molecular formula is C19H21N3. The summed E-state index contributed by atoms with van der Waals surface area (Å²) in [4.78, 5) is 4.72. The van der Waals surface area contributed by atoms with Crippen LogP contribution in [0, 0.1) is 0 Å². The van der Waals surface area contributed by atoms with Gasteiger partial charge in [-0.3, -0.25) is 0 Å². The lowest BCUT2D eigenvalue weighted by atomic mass is 9.76. The van der Waals surface area contributed by atoms with Gasteiger partial charge in [0.25, 0.3) is 0 Å². The van der Waals surface area contributed by atoms with E-state index in [2.05, 4.69) is 65.5 Å². The predicted molar refractivity (Wildman–Crippen MR) is 89.8 cm³/mol. The molecule has 3 heteroatoms. The SMILES string of the molecule is Cn1c(CNC2CC(c3ccccc3)C2)nc2ccccc21. The van der Waals surface area contributed by atoms with Crippen LogP contribution in [-0.4, -0.2) is 15.6 Å². The first-order valence-corrected chi connectivity index (χ1v) is 8.00. The summed E-state index contributed by atoms with van der Waals surface area (Å²) in [5.41, 5.74) is 3.76. The van der Waals surface area contributed by atoms with E-state index in [1.807, 2.05) is 6.07 Å². The zero-order valence-electron chi connectivity index (χ0n) is 12.9. The summed E-state index contributed by atoms with van der Waals surface area (Å²) in [6.07, 6.45) is 2.46. The Labute approximate surface area is 131 Å². The van der Waals surface area contributed by atoms with Crippen molar-refractivity contribution >= 4 is 11.0 Å². The minimum atomic E-state index is 0.616. The summed E-state index contributed by atoms with van der Waals surface area (Å²) in [5, 5.41) is 3.65. The summed E-state index contributed by atoms with van der Waals surface area (Å²) in [6.45, 7) is 0.845. The molecule has 1 aromatic heterocycles. The molecule has 1 N–H and O–H groups in total. The Morgan fingerprint density at radius 1 is 1.05 bits per heavy atom. The summed E-state index contributed by atoms with van der Waals surface area (Å²) in [6, 6.07) is 19.8. The van der Waals surface area contributed by atoms with Crippen LogP contribution in [-0.2, 0) is 13.6 Å². The van der Waals surface area contributed by atoms with Crippen molar-refractivity contribution in [1.29, 1.82) is 0 Å². The van der Waals surface area contributed by atoms with Crippen molar-refractivity contribution in [3.05, 3.63) is 66.0 Å². The number of aryl methyl sites for hydroxylation is 1. The van der Waals surface area contributed by atoms with Gasteiger partial charge in [-0.25, -0.2) is 4.98 Å². The monoisotopic (exact) mass is 291 g/mol. The van der Waals surface area contributed by atoms with Gasteiger partial charge in [-0.1, -0.05) is 42.5 Å². The normalized spacial score (nSPS) is 21.0. The molecule has 0 atom stereocenters. The second-order valence-electron chi connectivity index (χ2n) is 6.23. The number of rotatable bonds is 4. The van der Waals surface area contributed by atoms with Gasteiger partial charge in [-0.05, 0) is 36.5 Å². The van der Waals surface area contributed by atoms with Crippen LogP contribution in [0.1, 0.15) is 30.1 Å². The first-order chi connectivity index (χ1) is 10.8. The van der Waals surface area contributed by atoms with E-state index >= 15 is 0 Å². The number of hydrogen-bond acceptors (Lipinski definition) is 2. The summed E-state index contributed by atoms with van der Waals surface area (Å²) in [7, 11) is 2.10. The maximum atomic E-state index is 4.72. The van der Waals surface area contributed by atoms with Gasteiger partial charge in [0.2, 0.25) is 0 Å². The summed E-state index contributed by atoms with van der Waals surface area (Å²) < 4.78 is 2.19. The van der Waals surface area contributed by atoms with Gasteiger partial charge in [0, 0.05) is 13.1 Å². The Kier molecular flexibility index (Phi) is 3.43. The van der Waals surface area contributed by atoms with E-state index < -0.39 is 0 Å². The number of aromatic nitrogens is 2. The number of hydrogen-bond donors (Lipinski definition) is 1. The second-order valence-corrected chi connectivity index (χ2v) is 6.23. The average molecular weight is 291 g/mol. The molecule has 1 fully saturated rings. The van der Waals surface area contributed by atoms with E-state index in [0.29, 0.717) is 6.04 Å². The number of fused-ring (bicyclic) bond motifs is 1. The molecule has 1 aliphatic carbocycles. The maximum absolute atomic E-state index is 4.72. The zero-order valence-corrected chi connectivity index (χ0v) is 12.9. The van der Waals surface area contributed by atoms with Crippen molar-refractivity contribution in [1.82, 2.24) is 14.9 Å². The Balaban J connectivity index is 1.37. The van der Waals surface area contributed by atoms with Gasteiger partial charge in [-0.15, -0.1) is 0 Å². The van der Waals surface area contributed by atoms with Gasteiger partial charge >= 0.3 is 0 Å². The summed E-state index contributed by atoms with van der Waals surface area (Å²) in [5.74, 6) is 1.84. The van der Waals surface area contributed by atoms with Crippen molar-refractivity contribution in [2.75, 3.05) is 0 Å². The molecule has 1 heterocycles. The minimum absolute atomic E-state index is 0.616. The predicted octanol–water partition coefficient (Wildman–Crippen LogP) is 3.61. The average Bonchev–Trinajstić information content (AvgIpc) is 2.84. The molecular weight excluding hydrogens is 270 g/mol. The highest BCUT2D eigenvalue weighted by Gasteiger charge is 2.29. The first kappa shape index (κ1) is 13.5. The standard InChI is InChI=1S/C19H21N3/c1-22-18-10-6-5-9-17(18)21-19(22)13-20-16-11-15(12-16)14-7-3-2-4-8-14/h2-10,15-16,20H,11-13H2,1H3. The molecule has 0 aliphatic heterocycles. The third-order valence-corrected chi connectivity index (χ3v) is 4.84. The summed E-state index contributed by atoms with van der Waals surface area (Å²) >= 11 is 0. The Hall–Kier alpha value is -2.13. The van der Waals surface area contributed by atoms with Crippen LogP contribution in [0.15, 0.2) is 54.6 Å². The van der Waals surface area contributed by atoms with E-state index in [4.69, 9.17) is 4.98 Å². The second kappa shape index (κ2) is 5.58. The smallest absolute Gasteiger partial charge is 0.123 e. The van der Waals surface area contributed by atoms with Gasteiger partial charge in [0.05, 0.1) is 17.6 Å². The fourth-order valence-electron chi connectivity index (χ4n) is 3.37. The highest BCUT2D eigenvalue weighted by molar-refractivity contribution is 5.75. The van der Waals surface area contributed by atoms with Crippen LogP contribution < -0.4 is 5.32 Å². The van der Waals surface area contributed by atoms with Crippen molar-refractivity contribution in [2.24, 2.45) is 7.05 Å². The fourth-order valence-corrected chi connectivity index (χ4v) is 3.37. The number of para-hydroxylation sites is 2. The number of nitrogens with zero attached hydrogens (tertiary/aromatic N) is 2. The largest absolute Gasteiger partial charge is 0.330 e. The molecule has 1 aliphatic rings. The zero-order chi connectivity index (χ0) is 14.9. The van der Waals surface area contributed by atoms with Crippen LogP contribution in [0.5, 0.6) is 0 Å². The molecule has 0 saturated heterocycles. The lowest BCUT2D eigenvalue weighted by Crippen LogP contribution is -2.40. The number of benzene rings is 2. The molecule has 3 nitrogen and oxygen atoms in total. The molecule has 4 rings (SSSR count). The maximum Gasteiger partial charge on any atom is 0.123 e. The molecule has 2 aromatic carbocycles. The van der Waals surface area contributed by atoms with Crippen molar-refractivity contribution in [2.45, 2.75) is 31.3 Å². The molecule has 0 amide bonds. The molecule has 22 heavy (non-hydrogen) atoms. The van der Waals surface area contributed by atoms with Gasteiger partial charge < -0.3 is 9.88 Å². The topological polar surface area (TPSA) is 29.9 Å². The van der Waals surface area contributed by atoms with E-state index in [1.165, 1.54) is 23.9 Å². The van der Waals surface area contributed by atoms with E-state index in [1.54, 1.807) is 0 Å². The number of imidazole rings is 1. The molecule has 0 spiro atoms. The lowest BCUT2D eigenvalue weighted by Gasteiger charge is -2.36. The van der Waals surface area contributed by atoms with Crippen LogP contribution in [0.25, 0.3) is 11.0 Å². The van der Waals surface area contributed by atoms with Crippen LogP contribution in [0.4, 0.5) is 0 Å². The lowest BCUT2D eigenvalue weighted by molar-refractivity contribution is 0.287. The quantitative estimate of drug-likeness (QED) is 0.796. The van der Waals surface area contributed by atoms with E-state index in [-0.39, 0.29) is 0 Å². The molecule has 0 unspecified atom stereocenters. The third-order valence-electron chi connectivity index (χ3n) is 4.84. The third kappa shape index (κ3) is 2.42. The highest BCUT2D eigenvalue weighted by Crippen LogP contribution is 2.36. The van der Waals surface area contributed by atoms with Gasteiger partial charge in [-0.2, -0.15) is 0 Å². The van der Waals surface area contributed by atoms with Crippen LogP contribution in [0.3, 0.4) is 0 Å².